The van der Waals surface area contributed by atoms with Crippen molar-refractivity contribution in [3.8, 4) is 11.3 Å². The molecule has 9 nitrogen and oxygen atoms in total. The molecule has 0 aliphatic carbocycles. The second-order valence-corrected chi connectivity index (χ2v) is 6.31. The highest BCUT2D eigenvalue weighted by molar-refractivity contribution is 7.80. The molecule has 3 N–H and O–H groups in total. The number of nitrogens with one attached hydrogen (secondary N) is 3. The third kappa shape index (κ3) is 5.64. The molecule has 1 amide bonds. The van der Waals surface area contributed by atoms with Gasteiger partial charge >= 0.3 is 5.91 Å². The van der Waals surface area contributed by atoms with E-state index >= 15 is 0 Å². The van der Waals surface area contributed by atoms with Gasteiger partial charge in [0.1, 0.15) is 5.76 Å². The van der Waals surface area contributed by atoms with Crippen LogP contribution in [0.2, 0.25) is 5.02 Å². The highest BCUT2D eigenvalue weighted by Crippen LogP contribution is 2.32. The standard InChI is InChI=1S/C16H17ClN4O5S/c1-9(8-25-2)18-16(27)20-19-15(22)14-6-5-13(26-14)11-4-3-10(21(23)24)7-12(11)17/h3-7,9H,8H2,1-2H3,(H,19,22)(H2,18,20,27)/t9-/m1/s1. The van der Waals surface area contributed by atoms with Crippen molar-refractivity contribution in [1.29, 1.82) is 0 Å². The highest BCUT2D eigenvalue weighted by atomic mass is 35.5. The number of carbonyl (C=O) groups excluding carboxylic acids is 1. The molecule has 0 saturated heterocycles. The maximum Gasteiger partial charge on any atom is 0.305 e. The van der Waals surface area contributed by atoms with Gasteiger partial charge in [0, 0.05) is 30.8 Å². The van der Waals surface area contributed by atoms with Gasteiger partial charge in [-0.3, -0.25) is 25.8 Å². The summed E-state index contributed by atoms with van der Waals surface area (Å²) in [6.07, 6.45) is 0. The number of methoxy groups -OCH3 is 1. The quantitative estimate of drug-likeness (QED) is 0.376. The smallest absolute Gasteiger partial charge is 0.305 e. The molecule has 2 rings (SSSR count). The molecule has 0 saturated carbocycles. The topological polar surface area (TPSA) is 119 Å². The van der Waals surface area contributed by atoms with Crippen LogP contribution in [-0.2, 0) is 4.74 Å². The Labute approximate surface area is 165 Å². The molecule has 0 spiro atoms. The Kier molecular flexibility index (Phi) is 7.11. The summed E-state index contributed by atoms with van der Waals surface area (Å²) in [5.74, 6) is -0.239. The third-order valence-corrected chi connectivity index (χ3v) is 3.88. The van der Waals surface area contributed by atoms with Gasteiger partial charge in [-0.15, -0.1) is 0 Å². The Hall–Kier alpha value is -2.69. The second-order valence-electron chi connectivity index (χ2n) is 5.49. The average Bonchev–Trinajstić information content (AvgIpc) is 3.09. The summed E-state index contributed by atoms with van der Waals surface area (Å²) in [4.78, 5) is 22.3. The van der Waals surface area contributed by atoms with Crippen LogP contribution < -0.4 is 16.2 Å². The maximum absolute atomic E-state index is 12.1. The second kappa shape index (κ2) is 9.31. The SMILES string of the molecule is COC[C@@H](C)NC(=S)NNC(=O)c1ccc(-c2ccc([N+](=O)[O-])cc2Cl)o1. The molecule has 1 heterocycles. The van der Waals surface area contributed by atoms with Gasteiger partial charge in [0.2, 0.25) is 0 Å². The van der Waals surface area contributed by atoms with Crippen LogP contribution >= 0.6 is 23.8 Å². The first-order valence-corrected chi connectivity index (χ1v) is 8.50. The third-order valence-electron chi connectivity index (χ3n) is 3.34. The molecule has 0 aliphatic rings. The monoisotopic (exact) mass is 412 g/mol. The molecule has 0 aliphatic heterocycles. The van der Waals surface area contributed by atoms with Gasteiger partial charge in [0.05, 0.1) is 16.6 Å². The van der Waals surface area contributed by atoms with E-state index in [0.29, 0.717) is 17.9 Å². The van der Waals surface area contributed by atoms with Crippen molar-refractivity contribution in [2.24, 2.45) is 0 Å². The summed E-state index contributed by atoms with van der Waals surface area (Å²) >= 11 is 11.1. The lowest BCUT2D eigenvalue weighted by molar-refractivity contribution is -0.384. The normalized spacial score (nSPS) is 11.5. The molecule has 1 aromatic carbocycles. The van der Waals surface area contributed by atoms with Crippen LogP contribution in [0.4, 0.5) is 5.69 Å². The fourth-order valence-electron chi connectivity index (χ4n) is 2.15. The van der Waals surface area contributed by atoms with E-state index < -0.39 is 10.8 Å². The molecule has 1 atom stereocenters. The number of nitro benzene ring substituents is 1. The lowest BCUT2D eigenvalue weighted by atomic mass is 10.1. The predicted molar refractivity (Wildman–Crippen MR) is 103 cm³/mol. The largest absolute Gasteiger partial charge is 0.451 e. The van der Waals surface area contributed by atoms with Gasteiger partial charge in [-0.1, -0.05) is 11.6 Å². The molecule has 144 valence electrons. The zero-order valence-electron chi connectivity index (χ0n) is 14.4. The molecule has 1 aromatic heterocycles. The Balaban J connectivity index is 2.00. The summed E-state index contributed by atoms with van der Waals surface area (Å²) in [5, 5.41) is 14.0. The average molecular weight is 413 g/mol. The van der Waals surface area contributed by atoms with Crippen LogP contribution in [0.15, 0.2) is 34.7 Å². The van der Waals surface area contributed by atoms with E-state index in [0.717, 1.165) is 0 Å². The van der Waals surface area contributed by atoms with Crippen molar-refractivity contribution >= 4 is 40.5 Å². The number of nitrogens with zero attached hydrogens (tertiary/aromatic N) is 1. The zero-order valence-corrected chi connectivity index (χ0v) is 16.0. The number of halogens is 1. The number of carbonyl (C=O) groups is 1. The van der Waals surface area contributed by atoms with E-state index in [2.05, 4.69) is 16.2 Å². The van der Waals surface area contributed by atoms with Crippen molar-refractivity contribution in [3.63, 3.8) is 0 Å². The minimum Gasteiger partial charge on any atom is -0.451 e. The molecule has 27 heavy (non-hydrogen) atoms. The van der Waals surface area contributed by atoms with Gasteiger partial charge in [0.15, 0.2) is 10.9 Å². The highest BCUT2D eigenvalue weighted by Gasteiger charge is 2.16. The van der Waals surface area contributed by atoms with Gasteiger partial charge in [-0.25, -0.2) is 0 Å². The van der Waals surface area contributed by atoms with Crippen molar-refractivity contribution in [3.05, 3.63) is 51.2 Å². The van der Waals surface area contributed by atoms with Crippen LogP contribution in [0.1, 0.15) is 17.5 Å². The maximum atomic E-state index is 12.1. The number of hydrogen-bond donors (Lipinski definition) is 3. The minimum absolute atomic E-state index is 0.0136. The minimum atomic E-state index is -0.553. The summed E-state index contributed by atoms with van der Waals surface area (Å²) < 4.78 is 10.4. The number of ether oxygens (including phenoxy) is 1. The number of amides is 1. The van der Waals surface area contributed by atoms with Crippen molar-refractivity contribution in [1.82, 2.24) is 16.2 Å². The molecular weight excluding hydrogens is 396 g/mol. The summed E-state index contributed by atoms with van der Waals surface area (Å²) in [7, 11) is 1.57. The Bertz CT molecular complexity index is 857. The van der Waals surface area contributed by atoms with Crippen molar-refractivity contribution < 1.29 is 18.9 Å². The van der Waals surface area contributed by atoms with Crippen LogP contribution in [0.3, 0.4) is 0 Å². The van der Waals surface area contributed by atoms with E-state index in [9.17, 15) is 14.9 Å². The summed E-state index contributed by atoms with van der Waals surface area (Å²) in [5.41, 5.74) is 5.25. The molecule has 0 unspecified atom stereocenters. The van der Waals surface area contributed by atoms with Gasteiger partial charge in [-0.05, 0) is 37.3 Å². The van der Waals surface area contributed by atoms with Gasteiger partial charge in [0.25, 0.3) is 5.69 Å². The lowest BCUT2D eigenvalue weighted by Crippen LogP contribution is -2.49. The summed E-state index contributed by atoms with van der Waals surface area (Å²) in [6.45, 7) is 2.32. The molecule has 0 bridgehead atoms. The summed E-state index contributed by atoms with van der Waals surface area (Å²) in [6, 6.07) is 6.93. The first kappa shape index (κ1) is 20.6. The van der Waals surface area contributed by atoms with E-state index in [-0.39, 0.29) is 27.6 Å². The number of hydrogen-bond acceptors (Lipinski definition) is 6. The van der Waals surface area contributed by atoms with Gasteiger partial charge in [-0.2, -0.15) is 0 Å². The van der Waals surface area contributed by atoms with Crippen LogP contribution in [0, 0.1) is 10.1 Å². The molecule has 11 heteroatoms. The predicted octanol–water partition coefficient (Wildman–Crippen LogP) is 2.65. The van der Waals surface area contributed by atoms with Crippen LogP contribution in [0.5, 0.6) is 0 Å². The lowest BCUT2D eigenvalue weighted by Gasteiger charge is -2.16. The van der Waals surface area contributed by atoms with E-state index in [1.807, 2.05) is 6.92 Å². The van der Waals surface area contributed by atoms with Crippen LogP contribution in [-0.4, -0.2) is 35.7 Å². The molecule has 2 aromatic rings. The molecular formula is C16H17ClN4O5S. The van der Waals surface area contributed by atoms with Crippen LogP contribution in [0.25, 0.3) is 11.3 Å². The Morgan fingerprint density at radius 1 is 1.37 bits per heavy atom. The van der Waals surface area contributed by atoms with Gasteiger partial charge < -0.3 is 14.5 Å². The fraction of sp³-hybridized carbons (Fsp3) is 0.250. The number of benzene rings is 1. The zero-order chi connectivity index (χ0) is 20.0. The fourth-order valence-corrected chi connectivity index (χ4v) is 2.67. The number of nitro groups is 1. The number of non-ortho nitro benzene ring substituents is 1. The number of furan rings is 1. The van der Waals surface area contributed by atoms with E-state index in [1.165, 1.54) is 24.3 Å². The Morgan fingerprint density at radius 3 is 2.74 bits per heavy atom. The number of thiocarbonyl (C=S) groups is 1. The molecule has 0 fully saturated rings. The first-order chi connectivity index (χ1) is 12.8. The van der Waals surface area contributed by atoms with Crippen molar-refractivity contribution in [2.45, 2.75) is 13.0 Å². The number of hydrazine groups is 1. The van der Waals surface area contributed by atoms with E-state index in [1.54, 1.807) is 13.2 Å². The molecule has 0 radical (unpaired) electrons. The first-order valence-electron chi connectivity index (χ1n) is 7.71. The number of rotatable bonds is 6. The van der Waals surface area contributed by atoms with Crippen molar-refractivity contribution in [2.75, 3.05) is 13.7 Å². The van der Waals surface area contributed by atoms with E-state index in [4.69, 9.17) is 33.0 Å². The Morgan fingerprint density at radius 2 is 2.11 bits per heavy atom.